The molecule has 43 heavy (non-hydrogen) atoms. The highest BCUT2D eigenvalue weighted by molar-refractivity contribution is 7.92. The average Bonchev–Trinajstić information content (AvgIpc) is 3.68. The molecule has 0 aliphatic carbocycles. The number of aryl methyl sites for hydroxylation is 1. The zero-order valence-electron chi connectivity index (χ0n) is 22.6. The number of anilines is 2. The molecule has 218 valence electrons. The molecule has 0 radical (unpaired) electrons. The van der Waals surface area contributed by atoms with Gasteiger partial charge in [-0.25, -0.2) is 13.4 Å². The number of para-hydroxylation sites is 1. The van der Waals surface area contributed by atoms with Crippen LogP contribution in [0.3, 0.4) is 0 Å². The van der Waals surface area contributed by atoms with E-state index in [1.165, 1.54) is 58.3 Å². The first-order chi connectivity index (χ1) is 20.7. The zero-order chi connectivity index (χ0) is 30.1. The van der Waals surface area contributed by atoms with E-state index < -0.39 is 20.9 Å². The Bertz CT molecular complexity index is 1990. The fraction of sp³-hybridized carbons (Fsp3) is 0.138. The summed E-state index contributed by atoms with van der Waals surface area (Å²) in [7, 11) is -2.31. The number of thiophene rings is 1. The first kappa shape index (κ1) is 28.5. The van der Waals surface area contributed by atoms with Gasteiger partial charge in [-0.3, -0.25) is 19.2 Å². The van der Waals surface area contributed by atoms with Crippen LogP contribution in [0.2, 0.25) is 0 Å². The Morgan fingerprint density at radius 1 is 1.09 bits per heavy atom. The average molecular weight is 634 g/mol. The SMILES string of the molecule is COc1ccc2nc(N(/N=C/c3ccc([N+](=O)[O-])s3)C(=O)c3ccc(S(=O)(=O)N4CCCc5ccccc54)cc3)sc2c1. The number of hydrogen-bond donors (Lipinski definition) is 0. The van der Waals surface area contributed by atoms with Crippen molar-refractivity contribution >= 4 is 70.9 Å². The second-order valence-electron chi connectivity index (χ2n) is 9.46. The maximum Gasteiger partial charge on any atom is 0.324 e. The van der Waals surface area contributed by atoms with Crippen LogP contribution in [-0.4, -0.2) is 44.1 Å². The standard InChI is InChI=1S/C29H23N5O6S3/c1-40-21-10-14-24-26(17-21)42-29(31-24)33(30-18-22-11-15-27(41-22)34(36)37)28(35)20-8-12-23(13-9-20)43(38,39)32-16-4-6-19-5-2-3-7-25(19)32/h2-3,5,7-15,17-18H,4,6,16H2,1H3/b30-18+. The Hall–Kier alpha value is -4.66. The molecule has 0 saturated carbocycles. The summed E-state index contributed by atoms with van der Waals surface area (Å²) in [6.07, 6.45) is 2.87. The van der Waals surface area contributed by atoms with E-state index in [-0.39, 0.29) is 20.6 Å². The summed E-state index contributed by atoms with van der Waals surface area (Å²) in [5, 5.41) is 16.8. The normalized spacial score (nSPS) is 13.3. The number of benzene rings is 3. The summed E-state index contributed by atoms with van der Waals surface area (Å²) in [5.41, 5.74) is 2.45. The smallest absolute Gasteiger partial charge is 0.324 e. The number of nitro groups is 1. The molecule has 0 atom stereocenters. The molecule has 3 aromatic carbocycles. The van der Waals surface area contributed by atoms with Crippen molar-refractivity contribution in [2.45, 2.75) is 17.7 Å². The number of aromatic nitrogens is 1. The van der Waals surface area contributed by atoms with E-state index in [0.29, 0.717) is 34.8 Å². The van der Waals surface area contributed by atoms with Gasteiger partial charge in [0, 0.05) is 18.2 Å². The second kappa shape index (κ2) is 11.6. The molecule has 6 rings (SSSR count). The maximum atomic E-state index is 13.8. The second-order valence-corrected chi connectivity index (χ2v) is 13.4. The van der Waals surface area contributed by atoms with Gasteiger partial charge in [0.1, 0.15) is 5.75 Å². The molecular formula is C29H23N5O6S3. The number of ether oxygens (including phenoxy) is 1. The molecular weight excluding hydrogens is 611 g/mol. The lowest BCUT2D eigenvalue weighted by Gasteiger charge is -2.30. The predicted molar refractivity (Wildman–Crippen MR) is 167 cm³/mol. The first-order valence-electron chi connectivity index (χ1n) is 13.0. The van der Waals surface area contributed by atoms with E-state index in [4.69, 9.17) is 4.74 Å². The highest BCUT2D eigenvalue weighted by atomic mass is 32.2. The molecule has 5 aromatic rings. The zero-order valence-corrected chi connectivity index (χ0v) is 25.1. The minimum atomic E-state index is -3.86. The molecule has 0 N–H and O–H groups in total. The number of rotatable bonds is 8. The Labute approximate surface area is 254 Å². The van der Waals surface area contributed by atoms with Gasteiger partial charge < -0.3 is 4.74 Å². The van der Waals surface area contributed by atoms with Crippen LogP contribution in [0.5, 0.6) is 5.75 Å². The van der Waals surface area contributed by atoms with Gasteiger partial charge in [0.2, 0.25) is 5.13 Å². The van der Waals surface area contributed by atoms with Gasteiger partial charge in [-0.15, -0.1) is 0 Å². The van der Waals surface area contributed by atoms with E-state index in [0.717, 1.165) is 33.0 Å². The molecule has 14 heteroatoms. The maximum absolute atomic E-state index is 13.8. The summed E-state index contributed by atoms with van der Waals surface area (Å²) < 4.78 is 34.7. The van der Waals surface area contributed by atoms with E-state index in [2.05, 4.69) is 10.1 Å². The van der Waals surface area contributed by atoms with Crippen LogP contribution in [-0.2, 0) is 16.4 Å². The van der Waals surface area contributed by atoms with E-state index >= 15 is 0 Å². The summed E-state index contributed by atoms with van der Waals surface area (Å²) in [6.45, 7) is 0.367. The molecule has 0 bridgehead atoms. The van der Waals surface area contributed by atoms with Crippen LogP contribution in [0.15, 0.2) is 88.9 Å². The third-order valence-corrected chi connectivity index (χ3v) is 10.6. The molecule has 0 fully saturated rings. The molecule has 11 nitrogen and oxygen atoms in total. The van der Waals surface area contributed by atoms with Gasteiger partial charge in [-0.2, -0.15) is 10.1 Å². The topological polar surface area (TPSA) is 135 Å². The van der Waals surface area contributed by atoms with Crippen LogP contribution in [0.1, 0.15) is 27.2 Å². The number of thiazole rings is 1. The summed E-state index contributed by atoms with van der Waals surface area (Å²) in [6, 6.07) is 21.4. The number of carbonyl (C=O) groups is 1. The third kappa shape index (κ3) is 5.59. The highest BCUT2D eigenvalue weighted by Gasteiger charge is 2.29. The molecule has 1 aliphatic rings. The summed E-state index contributed by atoms with van der Waals surface area (Å²) >= 11 is 2.13. The molecule has 0 unspecified atom stereocenters. The Balaban J connectivity index is 1.33. The summed E-state index contributed by atoms with van der Waals surface area (Å²) in [5.74, 6) is 0.0729. The molecule has 1 amide bonds. The molecule has 0 saturated heterocycles. The quantitative estimate of drug-likeness (QED) is 0.115. The van der Waals surface area contributed by atoms with Crippen molar-refractivity contribution in [3.63, 3.8) is 0 Å². The van der Waals surface area contributed by atoms with Crippen molar-refractivity contribution < 1.29 is 22.9 Å². The first-order valence-corrected chi connectivity index (χ1v) is 16.1. The van der Waals surface area contributed by atoms with Gasteiger partial charge in [0.25, 0.3) is 15.9 Å². The van der Waals surface area contributed by atoms with Crippen LogP contribution in [0, 0.1) is 10.1 Å². The van der Waals surface area contributed by atoms with E-state index in [1.54, 1.807) is 31.4 Å². The summed E-state index contributed by atoms with van der Waals surface area (Å²) in [4.78, 5) is 29.5. The van der Waals surface area contributed by atoms with Crippen LogP contribution < -0.4 is 14.1 Å². The van der Waals surface area contributed by atoms with Crippen molar-refractivity contribution in [3.05, 3.63) is 105 Å². The van der Waals surface area contributed by atoms with Crippen molar-refractivity contribution in [2.24, 2.45) is 5.10 Å². The fourth-order valence-electron chi connectivity index (χ4n) is 4.69. The van der Waals surface area contributed by atoms with Crippen molar-refractivity contribution in [1.82, 2.24) is 4.98 Å². The number of hydrazone groups is 1. The third-order valence-electron chi connectivity index (χ3n) is 6.81. The lowest BCUT2D eigenvalue weighted by molar-refractivity contribution is -0.380. The van der Waals surface area contributed by atoms with Gasteiger partial charge in [-0.05, 0) is 73.0 Å². The van der Waals surface area contributed by atoms with Gasteiger partial charge >= 0.3 is 5.00 Å². The molecule has 0 spiro atoms. The van der Waals surface area contributed by atoms with Crippen molar-refractivity contribution in [1.29, 1.82) is 0 Å². The number of nitrogens with zero attached hydrogens (tertiary/aromatic N) is 5. The van der Waals surface area contributed by atoms with Gasteiger partial charge in [-0.1, -0.05) is 40.9 Å². The Morgan fingerprint density at radius 2 is 1.88 bits per heavy atom. The lowest BCUT2D eigenvalue weighted by Crippen LogP contribution is -2.35. The number of methoxy groups -OCH3 is 1. The number of sulfonamides is 1. The minimum absolute atomic E-state index is 0.0560. The highest BCUT2D eigenvalue weighted by Crippen LogP contribution is 2.34. The number of hydrogen-bond acceptors (Lipinski definition) is 10. The number of amides is 1. The van der Waals surface area contributed by atoms with Gasteiger partial charge in [0.05, 0.1) is 43.9 Å². The Kier molecular flexibility index (Phi) is 7.64. The van der Waals surface area contributed by atoms with Crippen molar-refractivity contribution in [3.8, 4) is 5.75 Å². The van der Waals surface area contributed by atoms with Crippen LogP contribution in [0.4, 0.5) is 15.8 Å². The molecule has 3 heterocycles. The monoisotopic (exact) mass is 633 g/mol. The lowest BCUT2D eigenvalue weighted by atomic mass is 10.0. The van der Waals surface area contributed by atoms with E-state index in [9.17, 15) is 23.3 Å². The van der Waals surface area contributed by atoms with Crippen LogP contribution in [0.25, 0.3) is 10.2 Å². The number of carbonyl (C=O) groups excluding carboxylic acids is 1. The largest absolute Gasteiger partial charge is 0.497 e. The Morgan fingerprint density at radius 3 is 2.63 bits per heavy atom. The minimum Gasteiger partial charge on any atom is -0.497 e. The van der Waals surface area contributed by atoms with Crippen molar-refractivity contribution in [2.75, 3.05) is 23.0 Å². The molecule has 1 aliphatic heterocycles. The molecule has 2 aromatic heterocycles. The van der Waals surface area contributed by atoms with E-state index in [1.807, 2.05) is 18.2 Å². The fourth-order valence-corrected chi connectivity index (χ4v) is 7.87. The van der Waals surface area contributed by atoms with Gasteiger partial charge in [0.15, 0.2) is 0 Å². The predicted octanol–water partition coefficient (Wildman–Crippen LogP) is 6.10. The number of fused-ring (bicyclic) bond motifs is 2. The van der Waals surface area contributed by atoms with Crippen LogP contribution >= 0.6 is 22.7 Å².